The van der Waals surface area contributed by atoms with Gasteiger partial charge in [-0.05, 0) is 55.0 Å². The minimum atomic E-state index is -0.241. The summed E-state index contributed by atoms with van der Waals surface area (Å²) in [5.74, 6) is -0.446. The average molecular weight is 445 g/mol. The molecule has 0 aliphatic rings. The van der Waals surface area contributed by atoms with Gasteiger partial charge in [-0.1, -0.05) is 48.0 Å². The summed E-state index contributed by atoms with van der Waals surface area (Å²) in [6, 6.07) is 23.7. The maximum Gasteiger partial charge on any atom is 0.255 e. The Morgan fingerprint density at radius 1 is 0.938 bits per heavy atom. The van der Waals surface area contributed by atoms with Gasteiger partial charge in [0.25, 0.3) is 11.8 Å². The van der Waals surface area contributed by atoms with E-state index in [1.807, 2.05) is 55.5 Å². The first-order valence-corrected chi connectivity index (χ1v) is 10.4. The fraction of sp³-hybridized carbons (Fsp3) is 0.0800. The van der Waals surface area contributed by atoms with E-state index < -0.39 is 0 Å². The molecule has 7 heteroatoms. The molecule has 1 heterocycles. The monoisotopic (exact) mass is 444 g/mol. The second-order valence-corrected chi connectivity index (χ2v) is 7.67. The Kier molecular flexibility index (Phi) is 6.33. The van der Waals surface area contributed by atoms with Crippen molar-refractivity contribution in [2.24, 2.45) is 0 Å². The quantitative estimate of drug-likeness (QED) is 0.438. The largest absolute Gasteiger partial charge is 0.348 e. The molecule has 4 aromatic rings. The number of rotatable bonds is 6. The molecule has 0 aliphatic carbocycles. The minimum absolute atomic E-state index is 0.206. The summed E-state index contributed by atoms with van der Waals surface area (Å²) in [5, 5.41) is 10.7. The van der Waals surface area contributed by atoms with Gasteiger partial charge in [-0.15, -0.1) is 0 Å². The Labute approximate surface area is 190 Å². The number of carbonyl (C=O) groups is 2. The minimum Gasteiger partial charge on any atom is -0.348 e. The summed E-state index contributed by atoms with van der Waals surface area (Å²) in [7, 11) is 0. The van der Waals surface area contributed by atoms with E-state index in [0.717, 1.165) is 16.9 Å². The van der Waals surface area contributed by atoms with Crippen molar-refractivity contribution in [3.63, 3.8) is 0 Å². The number of nitrogens with one attached hydrogen (secondary N) is 2. The molecule has 3 aromatic carbocycles. The number of benzene rings is 3. The normalized spacial score (nSPS) is 10.6. The van der Waals surface area contributed by atoms with Crippen LogP contribution in [0.5, 0.6) is 0 Å². The molecule has 160 valence electrons. The highest BCUT2D eigenvalue weighted by atomic mass is 35.5. The van der Waals surface area contributed by atoms with E-state index in [4.69, 9.17) is 11.6 Å². The number of para-hydroxylation sites is 1. The fourth-order valence-electron chi connectivity index (χ4n) is 3.33. The number of aromatic nitrogens is 2. The lowest BCUT2D eigenvalue weighted by Crippen LogP contribution is -2.23. The molecular formula is C25H21ClN4O2. The van der Waals surface area contributed by atoms with Crippen molar-refractivity contribution < 1.29 is 9.59 Å². The van der Waals surface area contributed by atoms with Gasteiger partial charge in [0.15, 0.2) is 0 Å². The Hall–Kier alpha value is -3.90. The zero-order valence-electron chi connectivity index (χ0n) is 17.4. The molecular weight excluding hydrogens is 424 g/mol. The van der Waals surface area contributed by atoms with Gasteiger partial charge in [0.2, 0.25) is 0 Å². The first-order chi connectivity index (χ1) is 15.5. The summed E-state index contributed by atoms with van der Waals surface area (Å²) < 4.78 is 1.68. The van der Waals surface area contributed by atoms with Crippen molar-refractivity contribution in [1.29, 1.82) is 0 Å². The lowest BCUT2D eigenvalue weighted by molar-refractivity contribution is 0.0950. The Balaban J connectivity index is 1.42. The number of anilines is 1. The number of carbonyl (C=O) groups excluding carboxylic acids is 2. The summed E-state index contributed by atoms with van der Waals surface area (Å²) >= 11 is 6.07. The third-order valence-corrected chi connectivity index (χ3v) is 5.22. The molecule has 2 N–H and O–H groups in total. The second kappa shape index (κ2) is 9.49. The average Bonchev–Trinajstić information content (AvgIpc) is 3.19. The maximum atomic E-state index is 12.7. The predicted octanol–water partition coefficient (Wildman–Crippen LogP) is 5.02. The van der Waals surface area contributed by atoms with Crippen LogP contribution in [0, 0.1) is 6.92 Å². The van der Waals surface area contributed by atoms with Crippen LogP contribution in [-0.2, 0) is 6.54 Å². The number of hydrogen-bond acceptors (Lipinski definition) is 3. The molecule has 0 unspecified atom stereocenters. The molecule has 0 saturated carbocycles. The molecule has 0 radical (unpaired) electrons. The third kappa shape index (κ3) is 4.87. The molecule has 0 spiro atoms. The van der Waals surface area contributed by atoms with Gasteiger partial charge in [-0.2, -0.15) is 5.10 Å². The van der Waals surface area contributed by atoms with Crippen molar-refractivity contribution in [3.05, 3.63) is 112 Å². The Morgan fingerprint density at radius 2 is 1.72 bits per heavy atom. The predicted molar refractivity (Wildman–Crippen MR) is 125 cm³/mol. The maximum absolute atomic E-state index is 12.7. The highest BCUT2D eigenvalue weighted by Crippen LogP contribution is 2.18. The summed E-state index contributed by atoms with van der Waals surface area (Å²) in [6.07, 6.45) is 1.54. The van der Waals surface area contributed by atoms with Gasteiger partial charge in [0, 0.05) is 22.8 Å². The topological polar surface area (TPSA) is 76.0 Å². The zero-order valence-corrected chi connectivity index (χ0v) is 18.1. The number of halogens is 1. The van der Waals surface area contributed by atoms with E-state index >= 15 is 0 Å². The molecule has 6 nitrogen and oxygen atoms in total. The molecule has 1 aromatic heterocycles. The molecule has 4 rings (SSSR count). The smallest absolute Gasteiger partial charge is 0.255 e. The Bertz CT molecular complexity index is 1270. The van der Waals surface area contributed by atoms with Crippen molar-refractivity contribution in [3.8, 4) is 5.69 Å². The molecule has 32 heavy (non-hydrogen) atoms. The van der Waals surface area contributed by atoms with Crippen molar-refractivity contribution in [1.82, 2.24) is 15.1 Å². The first-order valence-electron chi connectivity index (χ1n) is 10.1. The van der Waals surface area contributed by atoms with Crippen LogP contribution in [0.4, 0.5) is 5.69 Å². The van der Waals surface area contributed by atoms with Crippen molar-refractivity contribution in [2.75, 3.05) is 5.32 Å². The summed E-state index contributed by atoms with van der Waals surface area (Å²) in [6.45, 7) is 2.12. The van der Waals surface area contributed by atoms with Crippen LogP contribution in [0.2, 0.25) is 5.02 Å². The van der Waals surface area contributed by atoms with Crippen LogP contribution in [0.1, 0.15) is 32.0 Å². The lowest BCUT2D eigenvalue weighted by Gasteiger charge is -2.09. The number of nitrogens with zero attached hydrogens (tertiary/aromatic N) is 2. The molecule has 0 fully saturated rings. The van der Waals surface area contributed by atoms with Gasteiger partial charge in [-0.3, -0.25) is 9.59 Å². The SMILES string of the molecule is Cc1c(C(=O)NCc2cccc(C(=O)Nc3ccccc3)c2)cnn1-c1cccc(Cl)c1. The highest BCUT2D eigenvalue weighted by Gasteiger charge is 2.15. The van der Waals surface area contributed by atoms with Gasteiger partial charge in [-0.25, -0.2) is 4.68 Å². The lowest BCUT2D eigenvalue weighted by atomic mass is 10.1. The van der Waals surface area contributed by atoms with E-state index in [0.29, 0.717) is 21.8 Å². The van der Waals surface area contributed by atoms with Crippen LogP contribution in [0.15, 0.2) is 85.1 Å². The van der Waals surface area contributed by atoms with Crippen molar-refractivity contribution >= 4 is 29.1 Å². The molecule has 0 atom stereocenters. The summed E-state index contributed by atoms with van der Waals surface area (Å²) in [4.78, 5) is 25.3. The fourth-order valence-corrected chi connectivity index (χ4v) is 3.51. The van der Waals surface area contributed by atoms with Crippen molar-refractivity contribution in [2.45, 2.75) is 13.5 Å². The number of amides is 2. The molecule has 2 amide bonds. The van der Waals surface area contributed by atoms with E-state index in [-0.39, 0.29) is 18.4 Å². The van der Waals surface area contributed by atoms with Crippen LogP contribution >= 0.6 is 11.6 Å². The van der Waals surface area contributed by atoms with Gasteiger partial charge >= 0.3 is 0 Å². The molecule has 0 bridgehead atoms. The first kappa shape index (κ1) is 21.3. The van der Waals surface area contributed by atoms with Gasteiger partial charge in [0.1, 0.15) is 0 Å². The second-order valence-electron chi connectivity index (χ2n) is 7.24. The van der Waals surface area contributed by atoms with Crippen LogP contribution < -0.4 is 10.6 Å². The third-order valence-electron chi connectivity index (χ3n) is 4.98. The van der Waals surface area contributed by atoms with Gasteiger partial charge < -0.3 is 10.6 Å². The van der Waals surface area contributed by atoms with E-state index in [1.165, 1.54) is 6.20 Å². The summed E-state index contributed by atoms with van der Waals surface area (Å²) in [5.41, 5.74) is 4.03. The standard InChI is InChI=1S/C25H21ClN4O2/c1-17-23(16-28-30(17)22-12-6-9-20(26)14-22)25(32)27-15-18-7-5-8-19(13-18)24(31)29-21-10-3-2-4-11-21/h2-14,16H,15H2,1H3,(H,27,32)(H,29,31). The van der Waals surface area contributed by atoms with Crippen LogP contribution in [0.3, 0.4) is 0 Å². The zero-order chi connectivity index (χ0) is 22.5. The molecule has 0 aliphatic heterocycles. The van der Waals surface area contributed by atoms with E-state index in [9.17, 15) is 9.59 Å². The van der Waals surface area contributed by atoms with E-state index in [1.54, 1.807) is 35.0 Å². The molecule has 0 saturated heterocycles. The Morgan fingerprint density at radius 3 is 2.50 bits per heavy atom. The highest BCUT2D eigenvalue weighted by molar-refractivity contribution is 6.30. The number of hydrogen-bond donors (Lipinski definition) is 2. The van der Waals surface area contributed by atoms with Crippen LogP contribution in [0.25, 0.3) is 5.69 Å². The van der Waals surface area contributed by atoms with E-state index in [2.05, 4.69) is 15.7 Å². The van der Waals surface area contributed by atoms with Crippen LogP contribution in [-0.4, -0.2) is 21.6 Å². The van der Waals surface area contributed by atoms with Gasteiger partial charge in [0.05, 0.1) is 23.1 Å².